The number of allylic oxidation sites excluding steroid dienone is 1. The van der Waals surface area contributed by atoms with E-state index in [0.29, 0.717) is 11.6 Å². The second-order valence-electron chi connectivity index (χ2n) is 5.54. The van der Waals surface area contributed by atoms with Gasteiger partial charge in [0.2, 0.25) is 5.89 Å². The van der Waals surface area contributed by atoms with Gasteiger partial charge in [-0.05, 0) is 13.8 Å². The smallest absolute Gasteiger partial charge is 0.336 e. The Kier molecular flexibility index (Phi) is 5.86. The molecule has 0 saturated carbocycles. The average molecular weight is 365 g/mol. The molecule has 2 rings (SSSR count). The molecule has 1 aliphatic rings. The molecule has 0 aliphatic carbocycles. The number of carbonyl (C=O) groups is 3. The van der Waals surface area contributed by atoms with Crippen molar-refractivity contribution in [1.82, 2.24) is 10.2 Å². The van der Waals surface area contributed by atoms with Crippen molar-refractivity contribution in [1.29, 1.82) is 0 Å². The SMILES string of the molecule is COC(=O)C1=C(C)N=C(C)C(C(=O)OC)[C@H]1C(=O)OCc1nnc(C)o1. The predicted molar refractivity (Wildman–Crippen MR) is 85.7 cm³/mol. The molecule has 0 N–H and O–H groups in total. The first kappa shape index (κ1) is 19.3. The summed E-state index contributed by atoms with van der Waals surface area (Å²) in [4.78, 5) is 41.3. The molecule has 2 atom stereocenters. The molecular formula is C16H19N3O7. The first-order valence-electron chi connectivity index (χ1n) is 7.67. The number of nitrogens with zero attached hydrogens (tertiary/aromatic N) is 3. The van der Waals surface area contributed by atoms with Gasteiger partial charge in [-0.15, -0.1) is 10.2 Å². The van der Waals surface area contributed by atoms with Gasteiger partial charge in [0.15, 0.2) is 6.61 Å². The Hall–Kier alpha value is -3.04. The molecule has 0 amide bonds. The van der Waals surface area contributed by atoms with E-state index in [-0.39, 0.29) is 23.8 Å². The summed E-state index contributed by atoms with van der Waals surface area (Å²) >= 11 is 0. The van der Waals surface area contributed by atoms with Crippen molar-refractivity contribution in [2.45, 2.75) is 27.4 Å². The van der Waals surface area contributed by atoms with Crippen LogP contribution >= 0.6 is 0 Å². The van der Waals surface area contributed by atoms with Crippen molar-refractivity contribution < 1.29 is 33.0 Å². The van der Waals surface area contributed by atoms with Gasteiger partial charge in [0.25, 0.3) is 5.89 Å². The molecule has 0 radical (unpaired) electrons. The zero-order valence-electron chi connectivity index (χ0n) is 15.1. The van der Waals surface area contributed by atoms with Crippen LogP contribution in [0.15, 0.2) is 20.7 Å². The number of hydrogen-bond donors (Lipinski definition) is 0. The van der Waals surface area contributed by atoms with E-state index in [1.54, 1.807) is 20.8 Å². The third-order valence-electron chi connectivity index (χ3n) is 3.85. The van der Waals surface area contributed by atoms with Crippen LogP contribution in [0.4, 0.5) is 0 Å². The number of methoxy groups -OCH3 is 2. The Balaban J connectivity index is 2.36. The summed E-state index contributed by atoms with van der Waals surface area (Å²) < 4.78 is 19.8. The second kappa shape index (κ2) is 7.89. The lowest BCUT2D eigenvalue weighted by atomic mass is 9.80. The van der Waals surface area contributed by atoms with Crippen LogP contribution in [-0.4, -0.2) is 48.0 Å². The van der Waals surface area contributed by atoms with E-state index in [0.717, 1.165) is 0 Å². The maximum Gasteiger partial charge on any atom is 0.336 e. The van der Waals surface area contributed by atoms with Gasteiger partial charge in [0.1, 0.15) is 11.8 Å². The molecule has 1 aromatic heterocycles. The van der Waals surface area contributed by atoms with Gasteiger partial charge in [-0.2, -0.15) is 0 Å². The molecule has 0 bridgehead atoms. The lowest BCUT2D eigenvalue weighted by Crippen LogP contribution is -2.42. The standard InChI is InChI=1S/C16H19N3O7/c1-7-11(14(20)23-4)13(12(8(2)17-7)15(21)24-5)16(22)25-6-10-19-18-9(3)26-10/h11,13H,6H2,1-5H3/t11?,13-/m1/s1. The average Bonchev–Trinajstić information content (AvgIpc) is 3.03. The number of ether oxygens (including phenoxy) is 3. The Bertz CT molecular complexity index is 794. The fourth-order valence-electron chi connectivity index (χ4n) is 2.72. The maximum absolute atomic E-state index is 12.7. The minimum atomic E-state index is -1.25. The topological polar surface area (TPSA) is 130 Å². The van der Waals surface area contributed by atoms with Gasteiger partial charge in [-0.1, -0.05) is 0 Å². The molecule has 1 aromatic rings. The van der Waals surface area contributed by atoms with E-state index in [1.165, 1.54) is 14.2 Å². The number of carbonyl (C=O) groups excluding carboxylic acids is 3. The van der Waals surface area contributed by atoms with Crippen molar-refractivity contribution >= 4 is 23.6 Å². The van der Waals surface area contributed by atoms with Crippen LogP contribution in [0.2, 0.25) is 0 Å². The van der Waals surface area contributed by atoms with Gasteiger partial charge in [-0.25, -0.2) is 4.79 Å². The summed E-state index contributed by atoms with van der Waals surface area (Å²) in [5.74, 6) is -4.27. The Morgan fingerprint density at radius 1 is 1.00 bits per heavy atom. The van der Waals surface area contributed by atoms with Crippen LogP contribution in [0.5, 0.6) is 0 Å². The van der Waals surface area contributed by atoms with Crippen LogP contribution in [0, 0.1) is 18.8 Å². The minimum absolute atomic E-state index is 0.0554. The molecule has 0 saturated heterocycles. The van der Waals surface area contributed by atoms with Crippen LogP contribution < -0.4 is 0 Å². The maximum atomic E-state index is 12.7. The van der Waals surface area contributed by atoms with E-state index >= 15 is 0 Å². The lowest BCUT2D eigenvalue weighted by molar-refractivity contribution is -0.158. The van der Waals surface area contributed by atoms with E-state index in [1.807, 2.05) is 0 Å². The number of aliphatic imine (C=N–C) groups is 1. The van der Waals surface area contributed by atoms with Gasteiger partial charge < -0.3 is 18.6 Å². The summed E-state index contributed by atoms with van der Waals surface area (Å²) in [6.45, 7) is 4.41. The second-order valence-corrected chi connectivity index (χ2v) is 5.54. The van der Waals surface area contributed by atoms with Gasteiger partial charge in [0, 0.05) is 18.3 Å². The molecule has 10 heteroatoms. The van der Waals surface area contributed by atoms with E-state index < -0.39 is 29.7 Å². The Morgan fingerprint density at radius 3 is 2.23 bits per heavy atom. The lowest BCUT2D eigenvalue weighted by Gasteiger charge is -2.28. The molecule has 140 valence electrons. The van der Waals surface area contributed by atoms with Crippen LogP contribution in [0.25, 0.3) is 0 Å². The van der Waals surface area contributed by atoms with E-state index in [4.69, 9.17) is 18.6 Å². The predicted octanol–water partition coefficient (Wildman–Crippen LogP) is 0.748. The summed E-state index contributed by atoms with van der Waals surface area (Å²) in [5.41, 5.74) is 0.544. The highest BCUT2D eigenvalue weighted by molar-refractivity contribution is 6.10. The van der Waals surface area contributed by atoms with E-state index in [2.05, 4.69) is 15.2 Å². The number of aryl methyl sites for hydroxylation is 1. The summed E-state index contributed by atoms with van der Waals surface area (Å²) in [5, 5.41) is 7.35. The molecule has 0 spiro atoms. The van der Waals surface area contributed by atoms with Crippen molar-refractivity contribution in [3.8, 4) is 0 Å². The molecular weight excluding hydrogens is 346 g/mol. The third-order valence-corrected chi connectivity index (χ3v) is 3.85. The normalized spacial score (nSPS) is 19.7. The zero-order valence-corrected chi connectivity index (χ0v) is 15.1. The molecule has 0 fully saturated rings. The number of aromatic nitrogens is 2. The summed E-state index contributed by atoms with van der Waals surface area (Å²) in [6.07, 6.45) is 0. The first-order chi connectivity index (χ1) is 12.3. The quantitative estimate of drug-likeness (QED) is 0.548. The minimum Gasteiger partial charge on any atom is -0.468 e. The first-order valence-corrected chi connectivity index (χ1v) is 7.67. The monoisotopic (exact) mass is 365 g/mol. The molecule has 0 aromatic carbocycles. The third kappa shape index (κ3) is 3.79. The summed E-state index contributed by atoms with van der Waals surface area (Å²) in [6, 6.07) is 0. The van der Waals surface area contributed by atoms with Gasteiger partial charge in [0.05, 0.1) is 19.8 Å². The molecule has 26 heavy (non-hydrogen) atoms. The van der Waals surface area contributed by atoms with Crippen molar-refractivity contribution in [2.75, 3.05) is 14.2 Å². The molecule has 10 nitrogen and oxygen atoms in total. The van der Waals surface area contributed by atoms with E-state index in [9.17, 15) is 14.4 Å². The fraction of sp³-hybridized carbons (Fsp3) is 0.500. The van der Waals surface area contributed by atoms with Crippen LogP contribution in [0.3, 0.4) is 0 Å². The fourth-order valence-corrected chi connectivity index (χ4v) is 2.72. The highest BCUT2D eigenvalue weighted by Gasteiger charge is 2.46. The van der Waals surface area contributed by atoms with Gasteiger partial charge in [-0.3, -0.25) is 14.6 Å². The Morgan fingerprint density at radius 2 is 1.69 bits per heavy atom. The molecule has 2 heterocycles. The van der Waals surface area contributed by atoms with Crippen molar-refractivity contribution in [3.05, 3.63) is 23.1 Å². The van der Waals surface area contributed by atoms with Crippen LogP contribution in [-0.2, 0) is 35.2 Å². The largest absolute Gasteiger partial charge is 0.468 e. The highest BCUT2D eigenvalue weighted by Crippen LogP contribution is 2.33. The molecule has 1 unspecified atom stereocenters. The highest BCUT2D eigenvalue weighted by atomic mass is 16.5. The van der Waals surface area contributed by atoms with Gasteiger partial charge >= 0.3 is 17.9 Å². The number of rotatable bonds is 5. The zero-order chi connectivity index (χ0) is 19.4. The number of esters is 3. The Labute approximate surface area is 149 Å². The number of hydrogen-bond acceptors (Lipinski definition) is 10. The van der Waals surface area contributed by atoms with Crippen molar-refractivity contribution in [2.24, 2.45) is 16.8 Å². The van der Waals surface area contributed by atoms with Crippen LogP contribution in [0.1, 0.15) is 25.6 Å². The molecule has 1 aliphatic heterocycles. The summed E-state index contributed by atoms with van der Waals surface area (Å²) in [7, 11) is 2.35. The van der Waals surface area contributed by atoms with Crippen molar-refractivity contribution in [3.63, 3.8) is 0 Å².